The second-order valence-electron chi connectivity index (χ2n) is 7.50. The lowest BCUT2D eigenvalue weighted by molar-refractivity contribution is 0.268. The Bertz CT molecular complexity index is 714. The van der Waals surface area contributed by atoms with E-state index in [1.807, 2.05) is 6.07 Å². The van der Waals surface area contributed by atoms with Crippen molar-refractivity contribution >= 4 is 41.4 Å². The standard InChI is InChI=1S/C16H25BrN4OSSi/c1-10(9-22-24(5,6)16(2,3)4)14-20-21-15(23-14)12-7-11(17)8-19-13(12)18/h7-8,10H,9H2,1-6H3,(H2,18,19). The molecular weight excluding hydrogens is 404 g/mol. The highest BCUT2D eigenvalue weighted by Gasteiger charge is 2.37. The first-order valence-electron chi connectivity index (χ1n) is 7.90. The van der Waals surface area contributed by atoms with Crippen molar-refractivity contribution in [1.82, 2.24) is 15.2 Å². The van der Waals surface area contributed by atoms with E-state index in [9.17, 15) is 0 Å². The van der Waals surface area contributed by atoms with Gasteiger partial charge in [-0.2, -0.15) is 0 Å². The largest absolute Gasteiger partial charge is 0.416 e. The summed E-state index contributed by atoms with van der Waals surface area (Å²) < 4.78 is 7.17. The lowest BCUT2D eigenvalue weighted by Crippen LogP contribution is -2.41. The molecule has 0 aliphatic heterocycles. The highest BCUT2D eigenvalue weighted by Crippen LogP contribution is 2.38. The average Bonchev–Trinajstić information content (AvgIpc) is 2.96. The number of nitrogens with zero attached hydrogens (tertiary/aromatic N) is 3. The van der Waals surface area contributed by atoms with Gasteiger partial charge in [0.05, 0.1) is 5.56 Å². The van der Waals surface area contributed by atoms with Gasteiger partial charge in [-0.05, 0) is 40.1 Å². The summed E-state index contributed by atoms with van der Waals surface area (Å²) >= 11 is 4.96. The second-order valence-corrected chi connectivity index (χ2v) is 14.2. The Balaban J connectivity index is 2.12. The van der Waals surface area contributed by atoms with E-state index in [2.05, 4.69) is 71.9 Å². The third kappa shape index (κ3) is 4.41. The molecule has 0 spiro atoms. The van der Waals surface area contributed by atoms with E-state index in [0.29, 0.717) is 12.4 Å². The molecule has 132 valence electrons. The molecule has 2 aromatic rings. The first-order valence-corrected chi connectivity index (χ1v) is 12.4. The smallest absolute Gasteiger partial charge is 0.192 e. The molecule has 2 heterocycles. The number of nitrogen functional groups attached to an aromatic ring is 1. The number of halogens is 1. The highest BCUT2D eigenvalue weighted by molar-refractivity contribution is 9.10. The summed E-state index contributed by atoms with van der Waals surface area (Å²) in [5.74, 6) is 0.665. The third-order valence-electron chi connectivity index (χ3n) is 4.48. The van der Waals surface area contributed by atoms with Crippen molar-refractivity contribution in [1.29, 1.82) is 0 Å². The summed E-state index contributed by atoms with van der Waals surface area (Å²) in [4.78, 5) is 4.16. The van der Waals surface area contributed by atoms with Crippen LogP contribution in [0, 0.1) is 0 Å². The fourth-order valence-corrected chi connectivity index (χ4v) is 4.12. The summed E-state index contributed by atoms with van der Waals surface area (Å²) in [7, 11) is -1.75. The summed E-state index contributed by atoms with van der Waals surface area (Å²) in [6.07, 6.45) is 1.68. The van der Waals surface area contributed by atoms with Gasteiger partial charge in [0.15, 0.2) is 13.3 Å². The van der Waals surface area contributed by atoms with E-state index in [0.717, 1.165) is 20.1 Å². The minimum Gasteiger partial charge on any atom is -0.416 e. The van der Waals surface area contributed by atoms with E-state index in [-0.39, 0.29) is 11.0 Å². The monoisotopic (exact) mass is 428 g/mol. The zero-order chi connectivity index (χ0) is 18.1. The fourth-order valence-electron chi connectivity index (χ4n) is 1.78. The fraction of sp³-hybridized carbons (Fsp3) is 0.562. The van der Waals surface area contributed by atoms with E-state index in [4.69, 9.17) is 10.2 Å². The van der Waals surface area contributed by atoms with Crippen LogP contribution in [0.3, 0.4) is 0 Å². The number of pyridine rings is 1. The number of hydrogen-bond donors (Lipinski definition) is 1. The van der Waals surface area contributed by atoms with Crippen LogP contribution in [0.15, 0.2) is 16.7 Å². The summed E-state index contributed by atoms with van der Waals surface area (Å²) in [5.41, 5.74) is 6.77. The van der Waals surface area contributed by atoms with E-state index < -0.39 is 8.32 Å². The van der Waals surface area contributed by atoms with E-state index in [1.165, 1.54) is 0 Å². The number of nitrogens with two attached hydrogens (primary N) is 1. The molecule has 0 radical (unpaired) electrons. The molecule has 0 bridgehead atoms. The number of anilines is 1. The van der Waals surface area contributed by atoms with Crippen LogP contribution in [0.25, 0.3) is 10.6 Å². The summed E-state index contributed by atoms with van der Waals surface area (Å²) in [5, 5.41) is 10.6. The predicted octanol–water partition coefficient (Wildman–Crippen LogP) is 5.07. The average molecular weight is 429 g/mol. The van der Waals surface area contributed by atoms with Crippen molar-refractivity contribution in [2.45, 2.75) is 51.7 Å². The van der Waals surface area contributed by atoms with Crippen LogP contribution in [-0.2, 0) is 4.43 Å². The van der Waals surface area contributed by atoms with Gasteiger partial charge >= 0.3 is 0 Å². The molecule has 2 rings (SSSR count). The Labute approximate surface area is 157 Å². The maximum absolute atomic E-state index is 6.30. The maximum Gasteiger partial charge on any atom is 0.192 e. The van der Waals surface area contributed by atoms with Crippen LogP contribution >= 0.6 is 27.3 Å². The van der Waals surface area contributed by atoms with Gasteiger partial charge in [0.25, 0.3) is 0 Å². The summed E-state index contributed by atoms with van der Waals surface area (Å²) in [6.45, 7) is 14.1. The molecule has 0 aliphatic carbocycles. The molecule has 24 heavy (non-hydrogen) atoms. The maximum atomic E-state index is 6.30. The van der Waals surface area contributed by atoms with Gasteiger partial charge in [0.2, 0.25) is 0 Å². The highest BCUT2D eigenvalue weighted by atomic mass is 79.9. The first-order chi connectivity index (χ1) is 11.0. The Kier molecular flexibility index (Phi) is 5.84. The van der Waals surface area contributed by atoms with Crippen LogP contribution in [0.1, 0.15) is 38.6 Å². The molecule has 0 fully saturated rings. The van der Waals surface area contributed by atoms with Crippen molar-refractivity contribution in [2.75, 3.05) is 12.3 Å². The van der Waals surface area contributed by atoms with Gasteiger partial charge in [0, 0.05) is 23.2 Å². The van der Waals surface area contributed by atoms with Crippen molar-refractivity contribution in [3.63, 3.8) is 0 Å². The Morgan fingerprint density at radius 1 is 1.33 bits per heavy atom. The van der Waals surface area contributed by atoms with E-state index in [1.54, 1.807) is 17.5 Å². The summed E-state index contributed by atoms with van der Waals surface area (Å²) in [6, 6.07) is 1.92. The zero-order valence-electron chi connectivity index (χ0n) is 15.1. The van der Waals surface area contributed by atoms with E-state index >= 15 is 0 Å². The van der Waals surface area contributed by atoms with Crippen LogP contribution in [0.4, 0.5) is 5.82 Å². The minimum absolute atomic E-state index is 0.201. The Hall–Kier alpha value is -0.833. The van der Waals surface area contributed by atoms with Gasteiger partial charge in [0.1, 0.15) is 10.8 Å². The SMILES string of the molecule is CC(CO[Si](C)(C)C(C)(C)C)c1nnc(-c2cc(Br)cnc2N)s1. The topological polar surface area (TPSA) is 73.9 Å². The molecule has 0 aromatic carbocycles. The molecule has 1 atom stereocenters. The molecule has 0 saturated heterocycles. The first kappa shape index (κ1) is 19.5. The lowest BCUT2D eigenvalue weighted by Gasteiger charge is -2.36. The van der Waals surface area contributed by atoms with Crippen LogP contribution < -0.4 is 5.73 Å². The molecule has 2 N–H and O–H groups in total. The van der Waals surface area contributed by atoms with Gasteiger partial charge < -0.3 is 10.2 Å². The quantitative estimate of drug-likeness (QED) is 0.672. The van der Waals surface area contributed by atoms with Crippen LogP contribution in [0.2, 0.25) is 18.1 Å². The van der Waals surface area contributed by atoms with Gasteiger partial charge in [-0.1, -0.05) is 39.0 Å². The molecule has 0 saturated carbocycles. The molecule has 0 aliphatic rings. The van der Waals surface area contributed by atoms with Gasteiger partial charge in [-0.3, -0.25) is 0 Å². The van der Waals surface area contributed by atoms with Gasteiger partial charge in [-0.15, -0.1) is 10.2 Å². The van der Waals surface area contributed by atoms with Crippen molar-refractivity contribution < 1.29 is 4.43 Å². The van der Waals surface area contributed by atoms with Crippen molar-refractivity contribution in [3.8, 4) is 10.6 Å². The molecule has 1 unspecified atom stereocenters. The van der Waals surface area contributed by atoms with Crippen LogP contribution in [-0.4, -0.2) is 30.1 Å². The molecule has 8 heteroatoms. The van der Waals surface area contributed by atoms with Crippen molar-refractivity contribution in [3.05, 3.63) is 21.7 Å². The predicted molar refractivity (Wildman–Crippen MR) is 107 cm³/mol. The molecule has 5 nitrogen and oxygen atoms in total. The van der Waals surface area contributed by atoms with Gasteiger partial charge in [-0.25, -0.2) is 4.98 Å². The number of rotatable bonds is 5. The normalized spacial score (nSPS) is 14.0. The minimum atomic E-state index is -1.75. The Morgan fingerprint density at radius 2 is 2.00 bits per heavy atom. The van der Waals surface area contributed by atoms with Crippen molar-refractivity contribution in [2.24, 2.45) is 0 Å². The number of aromatic nitrogens is 3. The molecule has 0 amide bonds. The Morgan fingerprint density at radius 3 is 2.62 bits per heavy atom. The second kappa shape index (κ2) is 7.19. The third-order valence-corrected chi connectivity index (χ3v) is 10.6. The molecular formula is C16H25BrN4OSSi. The van der Waals surface area contributed by atoms with Crippen LogP contribution in [0.5, 0.6) is 0 Å². The lowest BCUT2D eigenvalue weighted by atomic mass is 10.2. The zero-order valence-corrected chi connectivity index (χ0v) is 18.5. The number of hydrogen-bond acceptors (Lipinski definition) is 6. The molecule has 2 aromatic heterocycles.